The number of rotatable bonds is 6. The second-order valence-corrected chi connectivity index (χ2v) is 7.01. The van der Waals surface area contributed by atoms with E-state index in [0.29, 0.717) is 18.1 Å². The number of benzene rings is 1. The lowest BCUT2D eigenvalue weighted by molar-refractivity contribution is 0.0944. The van der Waals surface area contributed by atoms with E-state index in [1.807, 2.05) is 38.1 Å². The van der Waals surface area contributed by atoms with Crippen LogP contribution in [0, 0.1) is 19.8 Å². The summed E-state index contributed by atoms with van der Waals surface area (Å²) in [6.45, 7) is 7.22. The van der Waals surface area contributed by atoms with Crippen LogP contribution in [-0.2, 0) is 6.61 Å². The molecule has 1 aromatic heterocycles. The number of nitrogens with one attached hydrogen (secondary N) is 2. The number of aryl methyl sites for hydroxylation is 2. The summed E-state index contributed by atoms with van der Waals surface area (Å²) in [6, 6.07) is 7.69. The summed E-state index contributed by atoms with van der Waals surface area (Å²) in [4.78, 5) is 16.6. The van der Waals surface area contributed by atoms with Gasteiger partial charge in [0.05, 0.1) is 0 Å². The fourth-order valence-corrected chi connectivity index (χ4v) is 3.39. The van der Waals surface area contributed by atoms with Crippen LogP contribution < -0.4 is 15.4 Å². The molecule has 1 aromatic carbocycles. The molecule has 1 aliphatic heterocycles. The molecular formula is C21H29Cl2N3O2. The van der Waals surface area contributed by atoms with Crippen molar-refractivity contribution in [1.82, 2.24) is 15.6 Å². The van der Waals surface area contributed by atoms with Crippen LogP contribution in [0.1, 0.15) is 39.9 Å². The maximum Gasteiger partial charge on any atom is 0.251 e. The van der Waals surface area contributed by atoms with E-state index < -0.39 is 0 Å². The Labute approximate surface area is 179 Å². The fourth-order valence-electron chi connectivity index (χ4n) is 3.39. The third kappa shape index (κ3) is 6.66. The molecule has 0 bridgehead atoms. The molecule has 0 spiro atoms. The van der Waals surface area contributed by atoms with Crippen molar-refractivity contribution in [3.63, 3.8) is 0 Å². The molecule has 2 N–H and O–H groups in total. The zero-order chi connectivity index (χ0) is 18.4. The number of halogens is 2. The molecule has 0 aliphatic carbocycles. The lowest BCUT2D eigenvalue weighted by Crippen LogP contribution is -2.38. The van der Waals surface area contributed by atoms with Crippen LogP contribution in [-0.4, -0.2) is 30.5 Å². The topological polar surface area (TPSA) is 63.2 Å². The van der Waals surface area contributed by atoms with Gasteiger partial charge in [0.2, 0.25) is 0 Å². The highest BCUT2D eigenvalue weighted by Gasteiger charge is 2.16. The Morgan fingerprint density at radius 1 is 1.29 bits per heavy atom. The Balaban J connectivity index is 0.00000196. The van der Waals surface area contributed by atoms with Crippen molar-refractivity contribution in [1.29, 1.82) is 0 Å². The Morgan fingerprint density at radius 2 is 2.04 bits per heavy atom. The first-order valence-corrected chi connectivity index (χ1v) is 9.25. The van der Waals surface area contributed by atoms with E-state index in [9.17, 15) is 4.79 Å². The Hall–Kier alpha value is -1.82. The summed E-state index contributed by atoms with van der Waals surface area (Å²) in [5.74, 6) is 1.35. The number of ether oxygens (including phenoxy) is 1. The highest BCUT2D eigenvalue weighted by atomic mass is 35.5. The van der Waals surface area contributed by atoms with Gasteiger partial charge in [0.1, 0.15) is 12.4 Å². The fraction of sp³-hybridized carbons (Fsp3) is 0.429. The molecule has 154 valence electrons. The van der Waals surface area contributed by atoms with Crippen molar-refractivity contribution >= 4 is 30.7 Å². The number of piperidine rings is 1. The molecular weight excluding hydrogens is 397 g/mol. The molecule has 1 aliphatic rings. The highest BCUT2D eigenvalue weighted by molar-refractivity contribution is 5.94. The van der Waals surface area contributed by atoms with Gasteiger partial charge in [-0.15, -0.1) is 24.8 Å². The van der Waals surface area contributed by atoms with E-state index in [0.717, 1.165) is 42.1 Å². The maximum atomic E-state index is 12.5. The second-order valence-electron chi connectivity index (χ2n) is 7.01. The second kappa shape index (κ2) is 11.9. The molecule has 2 aromatic rings. The lowest BCUT2D eigenvalue weighted by Gasteiger charge is -2.23. The molecule has 28 heavy (non-hydrogen) atoms. The number of aromatic nitrogens is 1. The number of hydrogen-bond acceptors (Lipinski definition) is 4. The zero-order valence-corrected chi connectivity index (χ0v) is 18.0. The van der Waals surface area contributed by atoms with E-state index >= 15 is 0 Å². The van der Waals surface area contributed by atoms with Crippen LogP contribution in [0.15, 0.2) is 36.7 Å². The van der Waals surface area contributed by atoms with Gasteiger partial charge in [0, 0.05) is 30.1 Å². The first-order valence-electron chi connectivity index (χ1n) is 9.25. The first-order chi connectivity index (χ1) is 12.6. The van der Waals surface area contributed by atoms with Crippen LogP contribution in [0.4, 0.5) is 0 Å². The summed E-state index contributed by atoms with van der Waals surface area (Å²) < 4.78 is 5.96. The van der Waals surface area contributed by atoms with E-state index in [4.69, 9.17) is 4.74 Å². The van der Waals surface area contributed by atoms with Crippen LogP contribution in [0.2, 0.25) is 0 Å². The molecule has 1 unspecified atom stereocenters. The number of amides is 1. The maximum absolute atomic E-state index is 12.5. The molecule has 0 saturated carbocycles. The Morgan fingerprint density at radius 3 is 2.64 bits per heavy atom. The predicted octanol–water partition coefficient (Wildman–Crippen LogP) is 3.85. The van der Waals surface area contributed by atoms with Crippen molar-refractivity contribution in [3.8, 4) is 5.75 Å². The van der Waals surface area contributed by atoms with E-state index in [1.54, 1.807) is 12.4 Å². The zero-order valence-electron chi connectivity index (χ0n) is 16.4. The van der Waals surface area contributed by atoms with Crippen LogP contribution in [0.5, 0.6) is 5.75 Å². The van der Waals surface area contributed by atoms with E-state index in [-0.39, 0.29) is 30.7 Å². The third-order valence-corrected chi connectivity index (χ3v) is 4.78. The summed E-state index contributed by atoms with van der Waals surface area (Å²) in [7, 11) is 0. The number of hydrogen-bond donors (Lipinski definition) is 2. The minimum Gasteiger partial charge on any atom is -0.488 e. The van der Waals surface area contributed by atoms with Gasteiger partial charge in [0.15, 0.2) is 0 Å². The van der Waals surface area contributed by atoms with Gasteiger partial charge in [-0.2, -0.15) is 0 Å². The van der Waals surface area contributed by atoms with Gasteiger partial charge in [-0.05, 0) is 75.0 Å². The molecule has 0 radical (unpaired) electrons. The smallest absolute Gasteiger partial charge is 0.251 e. The van der Waals surface area contributed by atoms with Gasteiger partial charge in [-0.1, -0.05) is 6.07 Å². The first kappa shape index (κ1) is 24.2. The SMILES string of the molecule is Cc1cc(C(=O)NCC2CCCNC2)cc(C)c1OCc1cccnc1.Cl.Cl. The van der Waals surface area contributed by atoms with Gasteiger partial charge in [-0.25, -0.2) is 0 Å². The van der Waals surface area contributed by atoms with Gasteiger partial charge < -0.3 is 15.4 Å². The molecule has 1 saturated heterocycles. The summed E-state index contributed by atoms with van der Waals surface area (Å²) >= 11 is 0. The van der Waals surface area contributed by atoms with Crippen molar-refractivity contribution in [2.24, 2.45) is 5.92 Å². The number of pyridine rings is 1. The minimum atomic E-state index is -0.0133. The molecule has 5 nitrogen and oxygen atoms in total. The molecule has 1 atom stereocenters. The van der Waals surface area contributed by atoms with Crippen LogP contribution >= 0.6 is 24.8 Å². The highest BCUT2D eigenvalue weighted by Crippen LogP contribution is 2.26. The number of carbonyl (C=O) groups excluding carboxylic acids is 1. The monoisotopic (exact) mass is 425 g/mol. The molecule has 7 heteroatoms. The summed E-state index contributed by atoms with van der Waals surface area (Å²) in [5.41, 5.74) is 3.66. The summed E-state index contributed by atoms with van der Waals surface area (Å²) in [6.07, 6.45) is 5.90. The number of nitrogens with zero attached hydrogens (tertiary/aromatic N) is 1. The van der Waals surface area contributed by atoms with Gasteiger partial charge in [-0.3, -0.25) is 9.78 Å². The van der Waals surface area contributed by atoms with Crippen molar-refractivity contribution in [2.75, 3.05) is 19.6 Å². The number of carbonyl (C=O) groups is 1. The normalized spacial score (nSPS) is 15.7. The predicted molar refractivity (Wildman–Crippen MR) is 117 cm³/mol. The molecule has 1 fully saturated rings. The largest absolute Gasteiger partial charge is 0.488 e. The van der Waals surface area contributed by atoms with Crippen molar-refractivity contribution in [2.45, 2.75) is 33.3 Å². The van der Waals surface area contributed by atoms with E-state index in [1.165, 1.54) is 12.8 Å². The molecule has 1 amide bonds. The average molecular weight is 426 g/mol. The van der Waals surface area contributed by atoms with Gasteiger partial charge >= 0.3 is 0 Å². The third-order valence-electron chi connectivity index (χ3n) is 4.78. The molecule has 2 heterocycles. The lowest BCUT2D eigenvalue weighted by atomic mass is 9.99. The minimum absolute atomic E-state index is 0. The van der Waals surface area contributed by atoms with Crippen LogP contribution in [0.3, 0.4) is 0 Å². The Kier molecular flexibility index (Phi) is 10.3. The van der Waals surface area contributed by atoms with Gasteiger partial charge in [0.25, 0.3) is 5.91 Å². The Bertz CT molecular complexity index is 728. The van der Waals surface area contributed by atoms with E-state index in [2.05, 4.69) is 15.6 Å². The van der Waals surface area contributed by atoms with Crippen molar-refractivity contribution < 1.29 is 9.53 Å². The summed E-state index contributed by atoms with van der Waals surface area (Å²) in [5, 5.41) is 6.45. The standard InChI is InChI=1S/C21H27N3O2.2ClH/c1-15-9-19(21(25)24-13-17-5-3-7-22-11-17)10-16(2)20(15)26-14-18-6-4-8-23-12-18;;/h4,6,8-10,12,17,22H,3,5,7,11,13-14H2,1-2H3,(H,24,25);2*1H. The molecule has 3 rings (SSSR count). The van der Waals surface area contributed by atoms with Crippen molar-refractivity contribution in [3.05, 3.63) is 58.9 Å². The quantitative estimate of drug-likeness (QED) is 0.737. The average Bonchev–Trinajstić information content (AvgIpc) is 2.67. The van der Waals surface area contributed by atoms with Crippen LogP contribution in [0.25, 0.3) is 0 Å².